The van der Waals surface area contributed by atoms with Crippen LogP contribution in [0.1, 0.15) is 77.0 Å². The van der Waals surface area contributed by atoms with E-state index in [9.17, 15) is 5.11 Å². The highest BCUT2D eigenvalue weighted by atomic mass is 32.2. The Morgan fingerprint density at radius 3 is 1.77 bits per heavy atom. The van der Waals surface area contributed by atoms with Crippen molar-refractivity contribution in [1.82, 2.24) is 0 Å². The summed E-state index contributed by atoms with van der Waals surface area (Å²) in [4.78, 5) is 0. The first-order valence-electron chi connectivity index (χ1n) is 13.2. The summed E-state index contributed by atoms with van der Waals surface area (Å²) in [5.41, 5.74) is 4.06. The van der Waals surface area contributed by atoms with Crippen LogP contribution in [0.3, 0.4) is 0 Å². The minimum atomic E-state index is 0.0597. The maximum Gasteiger partial charge on any atom is 0.119 e. The van der Waals surface area contributed by atoms with Crippen molar-refractivity contribution >= 4 is 11.8 Å². The van der Waals surface area contributed by atoms with Gasteiger partial charge in [0.2, 0.25) is 0 Å². The van der Waals surface area contributed by atoms with E-state index in [1.165, 1.54) is 36.8 Å². The Kier molecular flexibility index (Phi) is 9.92. The fourth-order valence-corrected chi connectivity index (χ4v) is 6.71. The van der Waals surface area contributed by atoms with Gasteiger partial charge in [0.25, 0.3) is 0 Å². The molecule has 0 heterocycles. The molecule has 188 valence electrons. The number of unbranched alkanes of at least 4 members (excludes halogenated alkanes) is 1. The summed E-state index contributed by atoms with van der Waals surface area (Å²) in [6.45, 7) is 12.1. The van der Waals surface area contributed by atoms with Crippen LogP contribution in [0.5, 0.6) is 5.75 Å². The summed E-state index contributed by atoms with van der Waals surface area (Å²) in [5, 5.41) is 10.3. The van der Waals surface area contributed by atoms with Gasteiger partial charge < -0.3 is 5.11 Å². The molecule has 0 saturated carbocycles. The molecular weight excluding hydrogens is 444 g/mol. The number of phenolic OH excluding ortho intramolecular Hbond substituents is 1. The number of thioether (sulfide) groups is 1. The largest absolute Gasteiger partial charge is 0.508 e. The van der Waals surface area contributed by atoms with Gasteiger partial charge in [0.05, 0.1) is 0 Å². The fraction of sp³-hybridized carbons (Fsp3) is 0.455. The molecule has 0 bridgehead atoms. The van der Waals surface area contributed by atoms with E-state index < -0.39 is 0 Å². The summed E-state index contributed by atoms with van der Waals surface area (Å²) in [6, 6.07) is 29.9. The molecule has 0 aliphatic heterocycles. The van der Waals surface area contributed by atoms with Gasteiger partial charge in [-0.1, -0.05) is 126 Å². The van der Waals surface area contributed by atoms with Crippen LogP contribution in [0.2, 0.25) is 0 Å². The van der Waals surface area contributed by atoms with Gasteiger partial charge in [-0.25, -0.2) is 0 Å². The highest BCUT2D eigenvalue weighted by Crippen LogP contribution is 2.45. The molecule has 0 aliphatic rings. The average molecular weight is 489 g/mol. The van der Waals surface area contributed by atoms with Crippen molar-refractivity contribution in [2.45, 2.75) is 76.9 Å². The van der Waals surface area contributed by atoms with Gasteiger partial charge in [0.15, 0.2) is 0 Å². The van der Waals surface area contributed by atoms with Gasteiger partial charge in [-0.3, -0.25) is 0 Å². The molecule has 3 aromatic carbocycles. The zero-order chi connectivity index (χ0) is 25.3. The van der Waals surface area contributed by atoms with E-state index in [0.29, 0.717) is 17.6 Å². The number of benzene rings is 3. The molecule has 3 rings (SSSR count). The highest BCUT2D eigenvalue weighted by molar-refractivity contribution is 7.98. The van der Waals surface area contributed by atoms with Crippen molar-refractivity contribution in [1.29, 1.82) is 0 Å². The van der Waals surface area contributed by atoms with E-state index in [2.05, 4.69) is 95.3 Å². The number of hydrogen-bond acceptors (Lipinski definition) is 2. The van der Waals surface area contributed by atoms with Gasteiger partial charge in [-0.2, -0.15) is 11.8 Å². The fourth-order valence-electron chi connectivity index (χ4n) is 5.29. The first-order chi connectivity index (χ1) is 16.8. The molecular formula is C33H44OS. The summed E-state index contributed by atoms with van der Waals surface area (Å²) in [5.74, 6) is 3.44. The summed E-state index contributed by atoms with van der Waals surface area (Å²) < 4.78 is 0. The second kappa shape index (κ2) is 12.7. The Morgan fingerprint density at radius 2 is 1.23 bits per heavy atom. The number of rotatable bonds is 13. The van der Waals surface area contributed by atoms with Gasteiger partial charge in [0, 0.05) is 11.3 Å². The summed E-state index contributed by atoms with van der Waals surface area (Å²) in [7, 11) is 0. The predicted octanol–water partition coefficient (Wildman–Crippen LogP) is 9.39. The zero-order valence-electron chi connectivity index (χ0n) is 22.3. The van der Waals surface area contributed by atoms with Crippen molar-refractivity contribution in [3.63, 3.8) is 0 Å². The van der Waals surface area contributed by atoms with Crippen molar-refractivity contribution in [2.24, 2.45) is 11.8 Å². The molecule has 2 unspecified atom stereocenters. The molecule has 0 amide bonds. The molecule has 1 N–H and O–H groups in total. The molecule has 0 aliphatic carbocycles. The van der Waals surface area contributed by atoms with Crippen LogP contribution in [0.4, 0.5) is 0 Å². The van der Waals surface area contributed by atoms with Gasteiger partial charge in [0.1, 0.15) is 5.75 Å². The lowest BCUT2D eigenvalue weighted by Crippen LogP contribution is -2.37. The van der Waals surface area contributed by atoms with Crippen molar-refractivity contribution in [3.8, 4) is 5.75 Å². The monoisotopic (exact) mass is 488 g/mol. The summed E-state index contributed by atoms with van der Waals surface area (Å²) >= 11 is 1.96. The third-order valence-electron chi connectivity index (χ3n) is 8.12. The molecule has 0 fully saturated rings. The summed E-state index contributed by atoms with van der Waals surface area (Å²) in [6.07, 6.45) is 4.95. The minimum absolute atomic E-state index is 0.0597. The Hall–Kier alpha value is -2.19. The SMILES string of the molecule is CCCCC(CC(CSCc1ccccc1O)C(C)(C)c1ccccc1)C(C)(C)c1ccccc1. The molecule has 3 aromatic rings. The Balaban J connectivity index is 1.88. The van der Waals surface area contributed by atoms with Gasteiger partial charge in [-0.05, 0) is 58.5 Å². The Morgan fingerprint density at radius 1 is 0.714 bits per heavy atom. The first-order valence-corrected chi connectivity index (χ1v) is 14.4. The Labute approximate surface area is 218 Å². The molecule has 0 saturated heterocycles. The molecule has 0 radical (unpaired) electrons. The van der Waals surface area contributed by atoms with Crippen LogP contribution in [-0.2, 0) is 16.6 Å². The predicted molar refractivity (Wildman–Crippen MR) is 154 cm³/mol. The highest BCUT2D eigenvalue weighted by Gasteiger charge is 2.38. The second-order valence-corrected chi connectivity index (χ2v) is 12.1. The van der Waals surface area contributed by atoms with E-state index in [4.69, 9.17) is 0 Å². The third-order valence-corrected chi connectivity index (χ3v) is 9.27. The van der Waals surface area contributed by atoms with E-state index in [0.717, 1.165) is 17.1 Å². The number of hydrogen-bond donors (Lipinski definition) is 1. The van der Waals surface area contributed by atoms with E-state index in [-0.39, 0.29) is 10.8 Å². The lowest BCUT2D eigenvalue weighted by molar-refractivity contribution is 0.200. The number of aromatic hydroxyl groups is 1. The second-order valence-electron chi connectivity index (χ2n) is 11.1. The van der Waals surface area contributed by atoms with Crippen LogP contribution in [-0.4, -0.2) is 10.9 Å². The molecule has 2 heteroatoms. The zero-order valence-corrected chi connectivity index (χ0v) is 23.2. The van der Waals surface area contributed by atoms with E-state index >= 15 is 0 Å². The lowest BCUT2D eigenvalue weighted by Gasteiger charge is -2.42. The minimum Gasteiger partial charge on any atom is -0.508 e. The number of para-hydroxylation sites is 1. The maximum atomic E-state index is 10.3. The number of phenols is 1. The molecule has 2 atom stereocenters. The van der Waals surface area contributed by atoms with Crippen molar-refractivity contribution in [3.05, 3.63) is 102 Å². The van der Waals surface area contributed by atoms with Crippen LogP contribution < -0.4 is 0 Å². The van der Waals surface area contributed by atoms with Crippen LogP contribution in [0.15, 0.2) is 84.9 Å². The smallest absolute Gasteiger partial charge is 0.119 e. The van der Waals surface area contributed by atoms with Crippen molar-refractivity contribution < 1.29 is 5.11 Å². The molecule has 0 spiro atoms. The normalized spacial score (nSPS) is 14.0. The Bertz CT molecular complexity index is 1010. The standard InChI is InChI=1S/C33H44OS/c1-6-7-17-29(32(2,3)27-18-10-8-11-19-27)23-30(33(4,5)28-20-12-9-13-21-28)25-35-24-26-16-14-15-22-31(26)34/h8-16,18-22,29-30,34H,6-7,17,23-25H2,1-5H3. The topological polar surface area (TPSA) is 20.2 Å². The van der Waals surface area contributed by atoms with Crippen LogP contribution in [0, 0.1) is 11.8 Å². The van der Waals surface area contributed by atoms with Crippen LogP contribution in [0.25, 0.3) is 0 Å². The molecule has 1 nitrogen and oxygen atoms in total. The molecule has 35 heavy (non-hydrogen) atoms. The van der Waals surface area contributed by atoms with Crippen LogP contribution >= 0.6 is 11.8 Å². The maximum absolute atomic E-state index is 10.3. The lowest BCUT2D eigenvalue weighted by atomic mass is 9.63. The average Bonchev–Trinajstić information content (AvgIpc) is 2.87. The molecule has 0 aromatic heterocycles. The van der Waals surface area contributed by atoms with Gasteiger partial charge >= 0.3 is 0 Å². The quantitative estimate of drug-likeness (QED) is 0.258. The third kappa shape index (κ3) is 7.17. The van der Waals surface area contributed by atoms with E-state index in [1.54, 1.807) is 6.07 Å². The van der Waals surface area contributed by atoms with Crippen molar-refractivity contribution in [2.75, 3.05) is 5.75 Å². The van der Waals surface area contributed by atoms with Gasteiger partial charge in [-0.15, -0.1) is 0 Å². The van der Waals surface area contributed by atoms with E-state index in [1.807, 2.05) is 30.0 Å². The first kappa shape index (κ1) is 27.4.